The van der Waals surface area contributed by atoms with E-state index in [1.54, 1.807) is 7.11 Å². The first kappa shape index (κ1) is 20.0. The SMILES string of the molecule is COc1cc(C)c([C@@H]2C(C#N)=C(N)OC3=C2C(=O)CC(C)(C)C3)cc1C(C)C. The van der Waals surface area contributed by atoms with Crippen LogP contribution in [0, 0.1) is 23.7 Å². The van der Waals surface area contributed by atoms with Gasteiger partial charge in [0.2, 0.25) is 5.88 Å². The maximum atomic E-state index is 13.1. The van der Waals surface area contributed by atoms with Gasteiger partial charge in [-0.05, 0) is 41.0 Å². The maximum Gasteiger partial charge on any atom is 0.205 e. The third kappa shape index (κ3) is 3.28. The lowest BCUT2D eigenvalue weighted by molar-refractivity contribution is -0.119. The Bertz CT molecular complexity index is 945. The van der Waals surface area contributed by atoms with Crippen LogP contribution in [0.3, 0.4) is 0 Å². The van der Waals surface area contributed by atoms with E-state index < -0.39 is 5.92 Å². The predicted octanol–water partition coefficient (Wildman–Crippen LogP) is 4.58. The molecule has 0 aromatic heterocycles. The Balaban J connectivity index is 2.27. The maximum absolute atomic E-state index is 13.1. The summed E-state index contributed by atoms with van der Waals surface area (Å²) in [6, 6.07) is 6.22. The van der Waals surface area contributed by atoms with Crippen molar-refractivity contribution in [2.45, 2.75) is 59.3 Å². The van der Waals surface area contributed by atoms with Gasteiger partial charge < -0.3 is 15.2 Å². The molecule has 2 aliphatic rings. The van der Waals surface area contributed by atoms with Crippen molar-refractivity contribution in [3.8, 4) is 11.8 Å². The molecule has 1 aromatic carbocycles. The quantitative estimate of drug-likeness (QED) is 0.830. The number of ether oxygens (including phenoxy) is 2. The summed E-state index contributed by atoms with van der Waals surface area (Å²) in [5.74, 6) is 1.26. The van der Waals surface area contributed by atoms with Crippen LogP contribution in [-0.4, -0.2) is 12.9 Å². The first-order valence-corrected chi connectivity index (χ1v) is 9.62. The summed E-state index contributed by atoms with van der Waals surface area (Å²) >= 11 is 0. The van der Waals surface area contributed by atoms with Gasteiger partial charge in [0.1, 0.15) is 23.2 Å². The largest absolute Gasteiger partial charge is 0.496 e. The smallest absolute Gasteiger partial charge is 0.205 e. The normalized spacial score (nSPS) is 21.4. The minimum atomic E-state index is -0.499. The van der Waals surface area contributed by atoms with E-state index in [2.05, 4.69) is 26.0 Å². The van der Waals surface area contributed by atoms with Crippen LogP contribution in [0.1, 0.15) is 69.1 Å². The van der Waals surface area contributed by atoms with Crippen molar-refractivity contribution in [1.82, 2.24) is 0 Å². The molecule has 1 aliphatic heterocycles. The predicted molar refractivity (Wildman–Crippen MR) is 108 cm³/mol. The lowest BCUT2D eigenvalue weighted by Gasteiger charge is -2.37. The summed E-state index contributed by atoms with van der Waals surface area (Å²) in [5, 5.41) is 9.82. The molecule has 0 radical (unpaired) electrons. The van der Waals surface area contributed by atoms with E-state index in [1.165, 1.54) is 0 Å². The summed E-state index contributed by atoms with van der Waals surface area (Å²) in [6.07, 6.45) is 1.05. The topological polar surface area (TPSA) is 85.3 Å². The highest BCUT2D eigenvalue weighted by Crippen LogP contribution is 2.49. The Hall–Kier alpha value is -2.74. The molecule has 2 N–H and O–H groups in total. The molecule has 1 aromatic rings. The average molecular weight is 380 g/mol. The van der Waals surface area contributed by atoms with Gasteiger partial charge in [0.05, 0.1) is 13.0 Å². The number of Topliss-reactive ketones (excluding diaryl/α,β-unsaturated/α-hetero) is 1. The van der Waals surface area contributed by atoms with Crippen LogP contribution in [-0.2, 0) is 9.53 Å². The van der Waals surface area contributed by atoms with Gasteiger partial charge >= 0.3 is 0 Å². The van der Waals surface area contributed by atoms with Gasteiger partial charge in [0.15, 0.2) is 5.78 Å². The summed E-state index contributed by atoms with van der Waals surface area (Å²) < 4.78 is 11.3. The highest BCUT2D eigenvalue weighted by atomic mass is 16.5. The molecule has 0 unspecified atom stereocenters. The molecule has 5 nitrogen and oxygen atoms in total. The molecular weight excluding hydrogens is 352 g/mol. The summed E-state index contributed by atoms with van der Waals surface area (Å²) in [6.45, 7) is 10.2. The van der Waals surface area contributed by atoms with Crippen molar-refractivity contribution in [2.24, 2.45) is 11.1 Å². The zero-order chi connectivity index (χ0) is 20.8. The molecule has 3 rings (SSSR count). The van der Waals surface area contributed by atoms with Crippen LogP contribution in [0.4, 0.5) is 0 Å². The molecule has 0 bridgehead atoms. The monoisotopic (exact) mass is 380 g/mol. The van der Waals surface area contributed by atoms with Crippen LogP contribution in [0.15, 0.2) is 34.9 Å². The third-order valence-corrected chi connectivity index (χ3v) is 5.63. The van der Waals surface area contributed by atoms with Gasteiger partial charge in [-0.2, -0.15) is 5.26 Å². The second kappa shape index (κ2) is 7.01. The van der Waals surface area contributed by atoms with Crippen LogP contribution < -0.4 is 10.5 Å². The molecule has 0 saturated carbocycles. The number of aryl methyl sites for hydroxylation is 1. The highest BCUT2D eigenvalue weighted by Gasteiger charge is 2.43. The number of carbonyl (C=O) groups excluding carboxylic acids is 1. The number of nitrogens with two attached hydrogens (primary N) is 1. The fourth-order valence-electron chi connectivity index (χ4n) is 4.25. The molecule has 0 saturated heterocycles. The number of allylic oxidation sites excluding steroid dienone is 3. The lowest BCUT2D eigenvalue weighted by atomic mass is 9.69. The summed E-state index contributed by atoms with van der Waals surface area (Å²) in [5.41, 5.74) is 9.72. The van der Waals surface area contributed by atoms with Crippen LogP contribution in [0.25, 0.3) is 0 Å². The summed E-state index contributed by atoms with van der Waals surface area (Å²) in [4.78, 5) is 13.1. The van der Waals surface area contributed by atoms with Gasteiger partial charge in [-0.15, -0.1) is 0 Å². The van der Waals surface area contributed by atoms with Crippen LogP contribution in [0.5, 0.6) is 5.75 Å². The lowest BCUT2D eigenvalue weighted by Crippen LogP contribution is -2.33. The molecule has 0 spiro atoms. The van der Waals surface area contributed by atoms with Gasteiger partial charge in [0.25, 0.3) is 0 Å². The Labute approximate surface area is 166 Å². The molecule has 1 heterocycles. The number of hydrogen-bond donors (Lipinski definition) is 1. The zero-order valence-electron chi connectivity index (χ0n) is 17.5. The van der Waals surface area contributed by atoms with Gasteiger partial charge in [0, 0.05) is 18.4 Å². The number of hydrogen-bond acceptors (Lipinski definition) is 5. The van der Waals surface area contributed by atoms with Crippen molar-refractivity contribution in [2.75, 3.05) is 7.11 Å². The number of carbonyl (C=O) groups is 1. The minimum absolute atomic E-state index is 0.0258. The fourth-order valence-corrected chi connectivity index (χ4v) is 4.25. The van der Waals surface area contributed by atoms with Gasteiger partial charge in [-0.1, -0.05) is 33.8 Å². The molecular formula is C23H28N2O3. The first-order valence-electron chi connectivity index (χ1n) is 9.62. The third-order valence-electron chi connectivity index (χ3n) is 5.63. The number of ketones is 1. The fraction of sp³-hybridized carbons (Fsp3) is 0.478. The molecule has 5 heteroatoms. The van der Waals surface area contributed by atoms with Crippen molar-refractivity contribution in [3.05, 3.63) is 51.6 Å². The van der Waals surface area contributed by atoms with Gasteiger partial charge in [-0.3, -0.25) is 4.79 Å². The van der Waals surface area contributed by atoms with E-state index in [4.69, 9.17) is 15.2 Å². The number of rotatable bonds is 3. The van der Waals surface area contributed by atoms with E-state index in [0.717, 1.165) is 22.4 Å². The second-order valence-electron chi connectivity index (χ2n) is 8.81. The van der Waals surface area contributed by atoms with Crippen molar-refractivity contribution in [1.29, 1.82) is 5.26 Å². The number of methoxy groups -OCH3 is 1. The number of nitrogens with zero attached hydrogens (tertiary/aromatic N) is 1. The van der Waals surface area contributed by atoms with E-state index in [0.29, 0.717) is 29.7 Å². The zero-order valence-corrected chi connectivity index (χ0v) is 17.5. The highest BCUT2D eigenvalue weighted by molar-refractivity contribution is 6.00. The molecule has 1 aliphatic carbocycles. The van der Waals surface area contributed by atoms with Crippen molar-refractivity contribution < 1.29 is 14.3 Å². The Morgan fingerprint density at radius 2 is 2.00 bits per heavy atom. The second-order valence-corrected chi connectivity index (χ2v) is 8.81. The van der Waals surface area contributed by atoms with Gasteiger partial charge in [-0.25, -0.2) is 0 Å². The minimum Gasteiger partial charge on any atom is -0.496 e. The van der Waals surface area contributed by atoms with E-state index >= 15 is 0 Å². The molecule has 148 valence electrons. The van der Waals surface area contributed by atoms with E-state index in [1.807, 2.05) is 26.8 Å². The Morgan fingerprint density at radius 1 is 1.32 bits per heavy atom. The molecule has 1 atom stereocenters. The molecule has 28 heavy (non-hydrogen) atoms. The average Bonchev–Trinajstić information content (AvgIpc) is 2.58. The Kier molecular flexibility index (Phi) is 5.01. The number of nitriles is 1. The Morgan fingerprint density at radius 3 is 2.57 bits per heavy atom. The van der Waals surface area contributed by atoms with E-state index in [9.17, 15) is 10.1 Å². The molecule has 0 amide bonds. The van der Waals surface area contributed by atoms with Crippen LogP contribution >= 0.6 is 0 Å². The standard InChI is InChI=1S/C23H28N2O3/c1-12(2)14-8-15(13(3)7-18(14)27-6)20-16(11-24)22(25)28-19-10-23(4,5)9-17(26)21(19)20/h7-8,12,20H,9-10,25H2,1-6H3/t20-/m1/s1. The van der Waals surface area contributed by atoms with Crippen LogP contribution in [0.2, 0.25) is 0 Å². The summed E-state index contributed by atoms with van der Waals surface area (Å²) in [7, 11) is 1.65. The number of benzene rings is 1. The first-order chi connectivity index (χ1) is 13.1. The van der Waals surface area contributed by atoms with Crippen molar-refractivity contribution >= 4 is 5.78 Å². The molecule has 0 fully saturated rings. The van der Waals surface area contributed by atoms with E-state index in [-0.39, 0.29) is 23.0 Å². The van der Waals surface area contributed by atoms with Crippen molar-refractivity contribution in [3.63, 3.8) is 0 Å².